The molecule has 0 aliphatic carbocycles. The Morgan fingerprint density at radius 1 is 0.419 bits per heavy atom. The lowest BCUT2D eigenvalue weighted by Gasteiger charge is -2.15. The number of halogens is 8. The highest BCUT2D eigenvalue weighted by atomic mass is 35.5. The van der Waals surface area contributed by atoms with Crippen molar-refractivity contribution in [2.24, 2.45) is 20.5 Å². The molecule has 0 saturated heterocycles. The Kier molecular flexibility index (Phi) is 16.4. The van der Waals surface area contributed by atoms with Crippen LogP contribution in [0.4, 0.5) is 34.1 Å². The molecule has 0 fully saturated rings. The normalized spacial score (nSPS) is 12.2. The van der Waals surface area contributed by atoms with Crippen LogP contribution >= 0.6 is 92.8 Å². The second kappa shape index (κ2) is 21.3. The van der Waals surface area contributed by atoms with Gasteiger partial charge in [-0.1, -0.05) is 92.8 Å². The molecule has 62 heavy (non-hydrogen) atoms. The summed E-state index contributed by atoms with van der Waals surface area (Å²) in [5, 5.41) is 26.8. The quantitative estimate of drug-likeness (QED) is 0.0630. The van der Waals surface area contributed by atoms with Gasteiger partial charge in [-0.25, -0.2) is 0 Å². The third kappa shape index (κ3) is 12.5. The zero-order valence-corrected chi connectivity index (χ0v) is 37.5. The molecular weight excluding hydrogens is 972 g/mol. The molecule has 22 heteroatoms. The van der Waals surface area contributed by atoms with Crippen LogP contribution in [-0.2, 0) is 19.2 Å². The van der Waals surface area contributed by atoms with Gasteiger partial charge in [0, 0.05) is 22.5 Å². The van der Waals surface area contributed by atoms with E-state index in [1.807, 2.05) is 0 Å². The minimum Gasteiger partial charge on any atom is -0.322 e. The smallest absolute Gasteiger partial charge is 0.258 e. The molecule has 2 atom stereocenters. The lowest BCUT2D eigenvalue weighted by atomic mass is 10.1. The first kappa shape index (κ1) is 47.9. The number of nitrogens with zero attached hydrogens (tertiary/aromatic N) is 4. The van der Waals surface area contributed by atoms with Gasteiger partial charge in [-0.05, 0) is 98.8 Å². The second-order valence-electron chi connectivity index (χ2n) is 12.7. The van der Waals surface area contributed by atoms with E-state index in [0.717, 1.165) is 13.8 Å². The van der Waals surface area contributed by atoms with Gasteiger partial charge >= 0.3 is 0 Å². The van der Waals surface area contributed by atoms with Gasteiger partial charge in [-0.3, -0.25) is 28.8 Å². The minimum absolute atomic E-state index is 0.0302. The molecule has 14 nitrogen and oxygen atoms in total. The van der Waals surface area contributed by atoms with Crippen LogP contribution in [0.2, 0.25) is 40.2 Å². The molecule has 0 aliphatic rings. The van der Waals surface area contributed by atoms with Crippen LogP contribution in [-0.4, -0.2) is 47.3 Å². The summed E-state index contributed by atoms with van der Waals surface area (Å²) in [6.07, 6.45) is 0. The molecule has 318 valence electrons. The average molecular weight is 998 g/mol. The van der Waals surface area contributed by atoms with Crippen molar-refractivity contribution in [3.63, 3.8) is 0 Å². The Labute approximate surface area is 392 Å². The number of Topliss-reactive ketones (excluding diaryl/α,β-unsaturated/α-hetero) is 2. The molecular formula is C40H26Cl8N8O6. The number of rotatable bonds is 14. The topological polar surface area (TPSA) is 200 Å². The van der Waals surface area contributed by atoms with Crippen LogP contribution in [0, 0.1) is 0 Å². The number of hydrogen-bond donors (Lipinski definition) is 4. The highest BCUT2D eigenvalue weighted by Gasteiger charge is 2.27. The van der Waals surface area contributed by atoms with Crippen molar-refractivity contribution in [3.05, 3.63) is 136 Å². The summed E-state index contributed by atoms with van der Waals surface area (Å²) in [6, 6.07) is 16.2. The molecule has 0 aliphatic heterocycles. The van der Waals surface area contributed by atoms with Crippen molar-refractivity contribution in [1.82, 2.24) is 0 Å². The van der Waals surface area contributed by atoms with Gasteiger partial charge in [0.05, 0.1) is 51.6 Å². The van der Waals surface area contributed by atoms with E-state index in [1.54, 1.807) is 12.1 Å². The van der Waals surface area contributed by atoms with Crippen LogP contribution < -0.4 is 21.3 Å². The summed E-state index contributed by atoms with van der Waals surface area (Å²) in [7, 11) is 0. The highest BCUT2D eigenvalue weighted by molar-refractivity contribution is 6.43. The van der Waals surface area contributed by atoms with Crippen LogP contribution in [0.25, 0.3) is 0 Å². The summed E-state index contributed by atoms with van der Waals surface area (Å²) >= 11 is 49.4. The fourth-order valence-corrected chi connectivity index (χ4v) is 6.36. The summed E-state index contributed by atoms with van der Waals surface area (Å²) in [5.41, 5.74) is 0.731. The molecule has 5 aromatic carbocycles. The van der Waals surface area contributed by atoms with Crippen molar-refractivity contribution >= 4 is 162 Å². The Bertz CT molecular complexity index is 2530. The third-order valence-corrected chi connectivity index (χ3v) is 10.9. The van der Waals surface area contributed by atoms with Crippen LogP contribution in [0.1, 0.15) is 34.6 Å². The number of anilines is 4. The van der Waals surface area contributed by atoms with Crippen molar-refractivity contribution in [2.75, 3.05) is 21.3 Å². The van der Waals surface area contributed by atoms with Crippen LogP contribution in [0.3, 0.4) is 0 Å². The third-order valence-electron chi connectivity index (χ3n) is 8.17. The van der Waals surface area contributed by atoms with Gasteiger partial charge < -0.3 is 21.3 Å². The summed E-state index contributed by atoms with van der Waals surface area (Å²) in [4.78, 5) is 77.5. The molecule has 4 amide bonds. The van der Waals surface area contributed by atoms with Crippen LogP contribution in [0.5, 0.6) is 0 Å². The molecule has 0 heterocycles. The Balaban J connectivity index is 1.26. The maximum atomic E-state index is 13.3. The van der Waals surface area contributed by atoms with Crippen molar-refractivity contribution in [3.8, 4) is 0 Å². The molecule has 0 bridgehead atoms. The number of benzene rings is 5. The second-order valence-corrected chi connectivity index (χ2v) is 16.0. The summed E-state index contributed by atoms with van der Waals surface area (Å²) in [6.45, 7) is 2.20. The monoisotopic (exact) mass is 994 g/mol. The van der Waals surface area contributed by atoms with E-state index in [1.165, 1.54) is 72.8 Å². The Morgan fingerprint density at radius 2 is 0.774 bits per heavy atom. The van der Waals surface area contributed by atoms with E-state index in [9.17, 15) is 28.8 Å². The lowest BCUT2D eigenvalue weighted by molar-refractivity contribution is -0.127. The number of carbonyl (C=O) groups is 6. The molecule has 0 aromatic heterocycles. The summed E-state index contributed by atoms with van der Waals surface area (Å²) < 4.78 is 0. The SMILES string of the molecule is CC(=O)C(N=Nc1cc(C(=O)Nc2ccc(Cl)c(Cl)c2)ccc1Cl)C(=O)Nc1cc(Cl)c(NC(=O)C(N=Nc2cc(C(=O)Nc3ccc(Cl)c(Cl)c3)ccc2Cl)C(C)=O)cc1Cl. The Hall–Kier alpha value is -5.16. The first-order chi connectivity index (χ1) is 29.3. The number of azo groups is 2. The van der Waals surface area contributed by atoms with Gasteiger partial charge in [-0.2, -0.15) is 20.5 Å². The van der Waals surface area contributed by atoms with Gasteiger partial charge in [0.25, 0.3) is 23.6 Å². The zero-order chi connectivity index (χ0) is 45.4. The fraction of sp³-hybridized carbons (Fsp3) is 0.100. The van der Waals surface area contributed by atoms with Gasteiger partial charge in [0.15, 0.2) is 11.6 Å². The molecule has 4 N–H and O–H groups in total. The number of nitrogens with one attached hydrogen (secondary N) is 4. The van der Waals surface area contributed by atoms with Crippen molar-refractivity contribution in [2.45, 2.75) is 25.9 Å². The summed E-state index contributed by atoms with van der Waals surface area (Å²) in [5.74, 6) is -4.47. The number of hydrogen-bond acceptors (Lipinski definition) is 10. The highest BCUT2D eigenvalue weighted by Crippen LogP contribution is 2.35. The first-order valence-corrected chi connectivity index (χ1v) is 20.4. The van der Waals surface area contributed by atoms with E-state index in [4.69, 9.17) is 92.8 Å². The zero-order valence-electron chi connectivity index (χ0n) is 31.5. The van der Waals surface area contributed by atoms with E-state index >= 15 is 0 Å². The average Bonchev–Trinajstić information content (AvgIpc) is 3.20. The predicted molar refractivity (Wildman–Crippen MR) is 243 cm³/mol. The first-order valence-electron chi connectivity index (χ1n) is 17.4. The van der Waals surface area contributed by atoms with E-state index in [-0.39, 0.29) is 64.0 Å². The fourth-order valence-electron chi connectivity index (χ4n) is 5.03. The van der Waals surface area contributed by atoms with Gasteiger partial charge in [0.2, 0.25) is 12.1 Å². The lowest BCUT2D eigenvalue weighted by Crippen LogP contribution is -2.32. The maximum Gasteiger partial charge on any atom is 0.258 e. The van der Waals surface area contributed by atoms with E-state index < -0.39 is 47.3 Å². The number of amides is 4. The molecule has 0 saturated carbocycles. The molecule has 0 spiro atoms. The largest absolute Gasteiger partial charge is 0.322 e. The minimum atomic E-state index is -1.71. The van der Waals surface area contributed by atoms with Crippen molar-refractivity contribution < 1.29 is 28.8 Å². The van der Waals surface area contributed by atoms with E-state index in [0.29, 0.717) is 21.4 Å². The van der Waals surface area contributed by atoms with Gasteiger partial charge in [-0.15, -0.1) is 0 Å². The molecule has 0 radical (unpaired) electrons. The predicted octanol–water partition coefficient (Wildman–Crippen LogP) is 12.8. The maximum absolute atomic E-state index is 13.3. The van der Waals surface area contributed by atoms with Gasteiger partial charge in [0.1, 0.15) is 11.4 Å². The van der Waals surface area contributed by atoms with E-state index in [2.05, 4.69) is 41.7 Å². The number of carbonyl (C=O) groups excluding carboxylic acids is 6. The molecule has 5 rings (SSSR count). The van der Waals surface area contributed by atoms with Crippen molar-refractivity contribution in [1.29, 1.82) is 0 Å². The standard InChI is InChI=1S/C40H26Cl8N8O6/c1-17(57)35(55-53-33-11-19(3-7-25(33)43)37(59)49-21-5-9-23(41)27(45)13-21)39(61)51-31-15-30(48)32(16-29(31)47)52-40(62)36(18(2)58)56-54-34-12-20(4-8-26(34)44)38(60)50-22-6-10-24(42)28(46)14-22/h3-16,35-36H,1-2H3,(H,49,59)(H,50,60)(H,51,61)(H,52,62). The molecule has 5 aromatic rings. The Morgan fingerprint density at radius 3 is 1.11 bits per heavy atom. The molecule has 2 unspecified atom stereocenters. The van der Waals surface area contributed by atoms with Crippen LogP contribution in [0.15, 0.2) is 105 Å². The number of ketones is 2.